The van der Waals surface area contributed by atoms with Crippen molar-refractivity contribution >= 4 is 17.2 Å². The predicted octanol–water partition coefficient (Wildman–Crippen LogP) is 4.34. The van der Waals surface area contributed by atoms with Crippen LogP contribution in [0, 0.1) is 20.8 Å². The second-order valence-electron chi connectivity index (χ2n) is 6.52. The van der Waals surface area contributed by atoms with E-state index in [1.165, 1.54) is 18.4 Å². The van der Waals surface area contributed by atoms with Crippen LogP contribution in [0.3, 0.4) is 0 Å². The van der Waals surface area contributed by atoms with Crippen molar-refractivity contribution in [2.45, 2.75) is 33.0 Å². The van der Waals surface area contributed by atoms with E-state index in [0.29, 0.717) is 5.01 Å². The van der Waals surface area contributed by atoms with Gasteiger partial charge in [0.05, 0.1) is 11.3 Å². The highest BCUT2D eigenvalue weighted by Gasteiger charge is 2.39. The van der Waals surface area contributed by atoms with Gasteiger partial charge in [0, 0.05) is 18.1 Å². The van der Waals surface area contributed by atoms with Gasteiger partial charge in [-0.1, -0.05) is 24.3 Å². The lowest BCUT2D eigenvalue weighted by Crippen LogP contribution is -2.31. The van der Waals surface area contributed by atoms with Crippen molar-refractivity contribution in [3.05, 3.63) is 68.4 Å². The number of nitrogens with one attached hydrogen (secondary N) is 1. The Labute approximate surface area is 164 Å². The fourth-order valence-electron chi connectivity index (χ4n) is 2.88. The number of halogens is 3. The first-order chi connectivity index (χ1) is 13.1. The summed E-state index contributed by atoms with van der Waals surface area (Å²) in [6.07, 6.45) is -3.65. The molecule has 5 nitrogen and oxygen atoms in total. The molecule has 0 saturated carbocycles. The number of aryl methyl sites for hydroxylation is 4. The number of nitrogens with zero attached hydrogens (tertiary/aromatic N) is 3. The number of carbonyl (C=O) groups excluding carboxylic acids is 1. The number of aromatic nitrogens is 3. The minimum atomic E-state index is -4.72. The quantitative estimate of drug-likeness (QED) is 0.699. The van der Waals surface area contributed by atoms with Crippen molar-refractivity contribution in [1.82, 2.24) is 20.1 Å². The summed E-state index contributed by atoms with van der Waals surface area (Å²) in [6, 6.07) is 6.74. The molecule has 3 rings (SSSR count). The molecule has 3 aromatic rings. The first-order valence-electron chi connectivity index (χ1n) is 8.49. The van der Waals surface area contributed by atoms with E-state index in [0.717, 1.165) is 32.6 Å². The standard InChI is InChI=1S/C19H19F3N4OS/c1-10-7-5-6-8-13(10)15(18-23-11(2)12(3)28-18)24-17(27)14-9-26(4)25-16(14)19(20,21)22/h5-9,15H,1-4H3,(H,24,27). The fourth-order valence-corrected chi connectivity index (χ4v) is 3.87. The summed E-state index contributed by atoms with van der Waals surface area (Å²) in [5.41, 5.74) is 0.786. The Bertz CT molecular complexity index is 1000. The molecule has 1 amide bonds. The van der Waals surface area contributed by atoms with Gasteiger partial charge in [-0.15, -0.1) is 11.3 Å². The Morgan fingerprint density at radius 1 is 1.21 bits per heavy atom. The maximum atomic E-state index is 13.3. The minimum Gasteiger partial charge on any atom is -0.339 e. The average Bonchev–Trinajstić information content (AvgIpc) is 3.16. The largest absolute Gasteiger partial charge is 0.435 e. The predicted molar refractivity (Wildman–Crippen MR) is 100 cm³/mol. The van der Waals surface area contributed by atoms with Gasteiger partial charge in [-0.05, 0) is 31.9 Å². The van der Waals surface area contributed by atoms with E-state index in [1.807, 2.05) is 45.0 Å². The lowest BCUT2D eigenvalue weighted by molar-refractivity contribution is -0.141. The molecule has 0 radical (unpaired) electrons. The van der Waals surface area contributed by atoms with Crippen LogP contribution in [0.15, 0.2) is 30.5 Å². The molecule has 28 heavy (non-hydrogen) atoms. The highest BCUT2D eigenvalue weighted by molar-refractivity contribution is 7.11. The Kier molecular flexibility index (Phi) is 5.29. The van der Waals surface area contributed by atoms with Gasteiger partial charge in [-0.3, -0.25) is 9.48 Å². The second-order valence-corrected chi connectivity index (χ2v) is 7.75. The summed E-state index contributed by atoms with van der Waals surface area (Å²) < 4.78 is 40.8. The number of benzene rings is 1. The van der Waals surface area contributed by atoms with E-state index in [4.69, 9.17) is 0 Å². The van der Waals surface area contributed by atoms with Crippen molar-refractivity contribution in [3.63, 3.8) is 0 Å². The van der Waals surface area contributed by atoms with E-state index in [9.17, 15) is 18.0 Å². The van der Waals surface area contributed by atoms with Crippen LogP contribution in [0.5, 0.6) is 0 Å². The third-order valence-corrected chi connectivity index (χ3v) is 5.55. The van der Waals surface area contributed by atoms with Gasteiger partial charge in [-0.2, -0.15) is 18.3 Å². The molecule has 2 heterocycles. The molecule has 0 aliphatic carbocycles. The van der Waals surface area contributed by atoms with Gasteiger partial charge in [0.1, 0.15) is 11.0 Å². The zero-order valence-corrected chi connectivity index (χ0v) is 16.6. The molecule has 1 aromatic carbocycles. The Morgan fingerprint density at radius 2 is 1.89 bits per heavy atom. The molecule has 148 valence electrons. The summed E-state index contributed by atoms with van der Waals surface area (Å²) >= 11 is 1.41. The van der Waals surface area contributed by atoms with Crippen LogP contribution in [-0.4, -0.2) is 20.7 Å². The van der Waals surface area contributed by atoms with Crippen LogP contribution < -0.4 is 5.32 Å². The molecule has 0 saturated heterocycles. The van der Waals surface area contributed by atoms with Crippen LogP contribution in [0.4, 0.5) is 13.2 Å². The highest BCUT2D eigenvalue weighted by atomic mass is 32.1. The number of hydrogen-bond donors (Lipinski definition) is 1. The number of hydrogen-bond acceptors (Lipinski definition) is 4. The third kappa shape index (κ3) is 3.94. The van der Waals surface area contributed by atoms with Gasteiger partial charge in [-0.25, -0.2) is 4.98 Å². The van der Waals surface area contributed by atoms with Gasteiger partial charge < -0.3 is 5.32 Å². The summed E-state index contributed by atoms with van der Waals surface area (Å²) in [5.74, 6) is -0.848. The smallest absolute Gasteiger partial charge is 0.339 e. The summed E-state index contributed by atoms with van der Waals surface area (Å²) in [7, 11) is 1.35. The lowest BCUT2D eigenvalue weighted by atomic mass is 10.0. The summed E-state index contributed by atoms with van der Waals surface area (Å²) in [4.78, 5) is 18.3. The molecule has 2 aromatic heterocycles. The Morgan fingerprint density at radius 3 is 2.46 bits per heavy atom. The van der Waals surface area contributed by atoms with Crippen LogP contribution in [0.2, 0.25) is 0 Å². The second kappa shape index (κ2) is 7.38. The van der Waals surface area contributed by atoms with E-state index in [2.05, 4.69) is 15.4 Å². The number of alkyl halides is 3. The van der Waals surface area contributed by atoms with Gasteiger partial charge in [0.2, 0.25) is 0 Å². The maximum absolute atomic E-state index is 13.3. The number of carbonyl (C=O) groups is 1. The Hall–Kier alpha value is -2.68. The molecule has 0 aliphatic rings. The molecule has 0 spiro atoms. The summed E-state index contributed by atoms with van der Waals surface area (Å²) in [6.45, 7) is 5.65. The van der Waals surface area contributed by atoms with Crippen molar-refractivity contribution < 1.29 is 18.0 Å². The normalized spacial score (nSPS) is 12.8. The lowest BCUT2D eigenvalue weighted by Gasteiger charge is -2.19. The van der Waals surface area contributed by atoms with E-state index >= 15 is 0 Å². The SMILES string of the molecule is Cc1ccccc1C(NC(=O)c1cn(C)nc1C(F)(F)F)c1nc(C)c(C)s1. The van der Waals surface area contributed by atoms with Crippen LogP contribution in [0.25, 0.3) is 0 Å². The maximum Gasteiger partial charge on any atom is 0.435 e. The van der Waals surface area contributed by atoms with Crippen molar-refractivity contribution in [3.8, 4) is 0 Å². The Balaban J connectivity index is 2.04. The van der Waals surface area contributed by atoms with Crippen molar-refractivity contribution in [2.24, 2.45) is 7.05 Å². The first-order valence-corrected chi connectivity index (χ1v) is 9.30. The highest BCUT2D eigenvalue weighted by Crippen LogP contribution is 2.33. The monoisotopic (exact) mass is 408 g/mol. The fraction of sp³-hybridized carbons (Fsp3) is 0.316. The zero-order chi connectivity index (χ0) is 20.6. The van der Waals surface area contributed by atoms with Crippen molar-refractivity contribution in [1.29, 1.82) is 0 Å². The molecule has 1 N–H and O–H groups in total. The van der Waals surface area contributed by atoms with E-state index in [1.54, 1.807) is 0 Å². The number of rotatable bonds is 4. The molecule has 9 heteroatoms. The molecule has 0 bridgehead atoms. The molecule has 1 unspecified atom stereocenters. The number of amides is 1. The van der Waals surface area contributed by atoms with E-state index < -0.39 is 29.4 Å². The number of thiazole rings is 1. The minimum absolute atomic E-state index is 0.515. The van der Waals surface area contributed by atoms with E-state index in [-0.39, 0.29) is 0 Å². The van der Waals surface area contributed by atoms with Crippen molar-refractivity contribution in [2.75, 3.05) is 0 Å². The molecular formula is C19H19F3N4OS. The van der Waals surface area contributed by atoms with Gasteiger partial charge in [0.15, 0.2) is 5.69 Å². The van der Waals surface area contributed by atoms with Gasteiger partial charge >= 0.3 is 6.18 Å². The molecular weight excluding hydrogens is 389 g/mol. The summed E-state index contributed by atoms with van der Waals surface area (Å²) in [5, 5.41) is 6.76. The first kappa shape index (κ1) is 20.1. The molecule has 1 atom stereocenters. The van der Waals surface area contributed by atoms with Crippen LogP contribution in [0.1, 0.15) is 48.8 Å². The third-order valence-electron chi connectivity index (χ3n) is 4.41. The van der Waals surface area contributed by atoms with Crippen LogP contribution in [-0.2, 0) is 13.2 Å². The molecule has 0 fully saturated rings. The van der Waals surface area contributed by atoms with Gasteiger partial charge in [0.25, 0.3) is 5.91 Å². The average molecular weight is 408 g/mol. The van der Waals surface area contributed by atoms with Crippen LogP contribution >= 0.6 is 11.3 Å². The topological polar surface area (TPSA) is 59.8 Å². The molecule has 0 aliphatic heterocycles. The zero-order valence-electron chi connectivity index (χ0n) is 15.8.